The quantitative estimate of drug-likeness (QED) is 0.857. The van der Waals surface area contributed by atoms with E-state index in [0.717, 1.165) is 43.4 Å². The number of aliphatic hydroxyl groups is 1. The van der Waals surface area contributed by atoms with Gasteiger partial charge in [-0.15, -0.1) is 0 Å². The topological polar surface area (TPSA) is 29.5 Å². The maximum Gasteiger partial charge on any atom is 0.125 e. The molecule has 0 spiro atoms. The number of rotatable bonds is 5. The highest BCUT2D eigenvalue weighted by Gasteiger charge is 2.43. The zero-order valence-corrected chi connectivity index (χ0v) is 11.5. The van der Waals surface area contributed by atoms with Crippen LogP contribution >= 0.6 is 0 Å². The van der Waals surface area contributed by atoms with Crippen LogP contribution in [-0.2, 0) is 5.60 Å². The summed E-state index contributed by atoms with van der Waals surface area (Å²) in [6.45, 7) is 4.97. The molecule has 2 heteroatoms. The monoisotopic (exact) mass is 248 g/mol. The minimum Gasteiger partial charge on any atom is -0.493 e. The van der Waals surface area contributed by atoms with Gasteiger partial charge in [0.05, 0.1) is 12.2 Å². The average molecular weight is 248 g/mol. The van der Waals surface area contributed by atoms with E-state index in [2.05, 4.69) is 13.8 Å². The van der Waals surface area contributed by atoms with Crippen LogP contribution in [-0.4, -0.2) is 11.7 Å². The lowest BCUT2D eigenvalue weighted by atomic mass is 9.82. The predicted octanol–water partition coefficient (Wildman–Crippen LogP) is 3.87. The fraction of sp³-hybridized carbons (Fsp3) is 0.625. The van der Waals surface area contributed by atoms with E-state index in [9.17, 15) is 5.11 Å². The van der Waals surface area contributed by atoms with Gasteiger partial charge >= 0.3 is 0 Å². The van der Waals surface area contributed by atoms with Crippen molar-refractivity contribution in [2.45, 2.75) is 51.6 Å². The van der Waals surface area contributed by atoms with Crippen LogP contribution in [0.4, 0.5) is 0 Å². The zero-order valence-electron chi connectivity index (χ0n) is 11.5. The van der Waals surface area contributed by atoms with Gasteiger partial charge in [-0.2, -0.15) is 0 Å². The van der Waals surface area contributed by atoms with Crippen LogP contribution < -0.4 is 4.74 Å². The molecule has 0 bridgehead atoms. The molecular formula is C16H24O2. The van der Waals surface area contributed by atoms with Gasteiger partial charge in [0.2, 0.25) is 0 Å². The smallest absolute Gasteiger partial charge is 0.125 e. The molecule has 18 heavy (non-hydrogen) atoms. The highest BCUT2D eigenvalue weighted by atomic mass is 16.5. The molecule has 0 aromatic heterocycles. The fourth-order valence-corrected chi connectivity index (χ4v) is 3.12. The summed E-state index contributed by atoms with van der Waals surface area (Å²) in [6, 6.07) is 7.98. The van der Waals surface area contributed by atoms with E-state index < -0.39 is 5.60 Å². The third-order valence-corrected chi connectivity index (χ3v) is 4.09. The predicted molar refractivity (Wildman–Crippen MR) is 73.8 cm³/mol. The van der Waals surface area contributed by atoms with Crippen LogP contribution in [0.5, 0.6) is 5.75 Å². The van der Waals surface area contributed by atoms with Crippen molar-refractivity contribution in [3.05, 3.63) is 29.8 Å². The number of ether oxygens (including phenoxy) is 1. The molecule has 2 atom stereocenters. The van der Waals surface area contributed by atoms with Gasteiger partial charge in [0.1, 0.15) is 5.75 Å². The van der Waals surface area contributed by atoms with Crippen molar-refractivity contribution in [2.75, 3.05) is 6.61 Å². The zero-order chi connectivity index (χ0) is 13.0. The molecule has 1 fully saturated rings. The van der Waals surface area contributed by atoms with Gasteiger partial charge in [0, 0.05) is 5.56 Å². The average Bonchev–Trinajstić information content (AvgIpc) is 2.79. The first-order chi connectivity index (χ1) is 8.72. The molecule has 1 N–H and O–H groups in total. The van der Waals surface area contributed by atoms with E-state index in [1.807, 2.05) is 24.3 Å². The minimum atomic E-state index is -0.681. The summed E-state index contributed by atoms with van der Waals surface area (Å²) in [5.74, 6) is 1.23. The van der Waals surface area contributed by atoms with Crippen molar-refractivity contribution < 1.29 is 9.84 Å². The molecule has 100 valence electrons. The second-order valence-corrected chi connectivity index (χ2v) is 5.27. The molecule has 2 nitrogen and oxygen atoms in total. The Morgan fingerprint density at radius 3 is 2.83 bits per heavy atom. The molecule has 0 radical (unpaired) electrons. The van der Waals surface area contributed by atoms with Crippen molar-refractivity contribution in [2.24, 2.45) is 5.92 Å². The van der Waals surface area contributed by atoms with Gasteiger partial charge in [-0.25, -0.2) is 0 Å². The van der Waals surface area contributed by atoms with Gasteiger partial charge in [0.15, 0.2) is 0 Å². The van der Waals surface area contributed by atoms with Crippen LogP contribution in [0.15, 0.2) is 24.3 Å². The van der Waals surface area contributed by atoms with Crippen molar-refractivity contribution in [1.29, 1.82) is 0 Å². The maximum atomic E-state index is 11.0. The highest BCUT2D eigenvalue weighted by Crippen LogP contribution is 2.47. The number of hydrogen-bond acceptors (Lipinski definition) is 2. The summed E-state index contributed by atoms with van der Waals surface area (Å²) in [7, 11) is 0. The largest absolute Gasteiger partial charge is 0.493 e. The van der Waals surface area contributed by atoms with Gasteiger partial charge in [-0.1, -0.05) is 38.5 Å². The van der Waals surface area contributed by atoms with Gasteiger partial charge in [0.25, 0.3) is 0 Å². The van der Waals surface area contributed by atoms with Crippen LogP contribution in [0.1, 0.15) is 51.5 Å². The Balaban J connectivity index is 2.31. The molecular weight excluding hydrogens is 224 g/mol. The summed E-state index contributed by atoms with van der Waals surface area (Å²) in [5.41, 5.74) is 0.307. The number of para-hydroxylation sites is 1. The normalized spacial score (nSPS) is 27.4. The second-order valence-electron chi connectivity index (χ2n) is 5.27. The minimum absolute atomic E-state index is 0.365. The molecule has 0 aliphatic heterocycles. The molecule has 1 saturated carbocycles. The van der Waals surface area contributed by atoms with Crippen LogP contribution in [0.3, 0.4) is 0 Å². The van der Waals surface area contributed by atoms with Crippen molar-refractivity contribution >= 4 is 0 Å². The Labute approximate surface area is 110 Å². The summed E-state index contributed by atoms with van der Waals surface area (Å²) in [5, 5.41) is 11.0. The fourth-order valence-electron chi connectivity index (χ4n) is 3.12. The van der Waals surface area contributed by atoms with Crippen LogP contribution in [0, 0.1) is 5.92 Å². The first-order valence-electron chi connectivity index (χ1n) is 7.17. The molecule has 1 aliphatic carbocycles. The molecule has 0 heterocycles. The third kappa shape index (κ3) is 2.39. The molecule has 1 aromatic rings. The third-order valence-electron chi connectivity index (χ3n) is 4.09. The summed E-state index contributed by atoms with van der Waals surface area (Å²) in [6.07, 6.45) is 5.10. The van der Waals surface area contributed by atoms with Gasteiger partial charge < -0.3 is 9.84 Å². The van der Waals surface area contributed by atoms with E-state index >= 15 is 0 Å². The molecule has 2 unspecified atom stereocenters. The van der Waals surface area contributed by atoms with Crippen molar-refractivity contribution in [3.8, 4) is 5.75 Å². The van der Waals surface area contributed by atoms with E-state index in [4.69, 9.17) is 4.74 Å². The van der Waals surface area contributed by atoms with Gasteiger partial charge in [-0.3, -0.25) is 0 Å². The van der Waals surface area contributed by atoms with Crippen molar-refractivity contribution in [3.63, 3.8) is 0 Å². The first kappa shape index (κ1) is 13.4. The molecule has 2 rings (SSSR count). The van der Waals surface area contributed by atoms with Crippen LogP contribution in [0.25, 0.3) is 0 Å². The highest BCUT2D eigenvalue weighted by molar-refractivity contribution is 5.39. The van der Waals surface area contributed by atoms with E-state index in [1.165, 1.54) is 0 Å². The summed E-state index contributed by atoms with van der Waals surface area (Å²) in [4.78, 5) is 0. The van der Waals surface area contributed by atoms with E-state index in [1.54, 1.807) is 0 Å². The Morgan fingerprint density at radius 1 is 1.33 bits per heavy atom. The number of hydrogen-bond donors (Lipinski definition) is 1. The Kier molecular flexibility index (Phi) is 4.28. The molecule has 1 aliphatic rings. The van der Waals surface area contributed by atoms with Crippen molar-refractivity contribution in [1.82, 2.24) is 0 Å². The molecule has 1 aromatic carbocycles. The lowest BCUT2D eigenvalue weighted by molar-refractivity contribution is -0.00629. The Hall–Kier alpha value is -1.02. The van der Waals surface area contributed by atoms with E-state index in [0.29, 0.717) is 12.5 Å². The molecule has 0 saturated heterocycles. The van der Waals surface area contributed by atoms with Gasteiger partial charge in [-0.05, 0) is 37.7 Å². The lowest BCUT2D eigenvalue weighted by Crippen LogP contribution is -2.30. The van der Waals surface area contributed by atoms with Crippen LogP contribution in [0.2, 0.25) is 0 Å². The second kappa shape index (κ2) is 5.75. The summed E-state index contributed by atoms with van der Waals surface area (Å²) < 4.78 is 5.80. The number of benzene rings is 1. The maximum absolute atomic E-state index is 11.0. The first-order valence-corrected chi connectivity index (χ1v) is 7.17. The lowest BCUT2D eigenvalue weighted by Gasteiger charge is -2.31. The Bertz CT molecular complexity index is 388. The molecule has 0 amide bonds. The van der Waals surface area contributed by atoms with E-state index in [-0.39, 0.29) is 0 Å². The summed E-state index contributed by atoms with van der Waals surface area (Å²) >= 11 is 0. The standard InChI is InChI=1S/C16H24O2/c1-3-12-18-15-10-6-5-9-14(15)16(17)11-7-8-13(16)4-2/h5-6,9-10,13,17H,3-4,7-8,11-12H2,1-2H3. The SMILES string of the molecule is CCCOc1ccccc1C1(O)CCCC1CC. The Morgan fingerprint density at radius 2 is 2.11 bits per heavy atom.